The molecule has 3 unspecified atom stereocenters. The van der Waals surface area contributed by atoms with Gasteiger partial charge in [-0.25, -0.2) is 4.79 Å². The van der Waals surface area contributed by atoms with Crippen LogP contribution in [0, 0.1) is 0 Å². The minimum atomic E-state index is -1.47. The van der Waals surface area contributed by atoms with E-state index in [4.69, 9.17) is 15.9 Å². The van der Waals surface area contributed by atoms with Gasteiger partial charge in [0.1, 0.15) is 12.1 Å². The topological polar surface area (TPSA) is 187 Å². The second-order valence-electron chi connectivity index (χ2n) is 6.76. The number of carbonyl (C=O) groups is 4. The number of carboxylic acids is 1. The number of aliphatic hydroxyl groups excluding tert-OH is 1. The van der Waals surface area contributed by atoms with Crippen molar-refractivity contribution in [3.8, 4) is 0 Å². The Morgan fingerprint density at radius 1 is 1.13 bits per heavy atom. The fourth-order valence-electron chi connectivity index (χ4n) is 2.77. The zero-order valence-electron chi connectivity index (χ0n) is 16.3. The highest BCUT2D eigenvalue weighted by atomic mass is 16.4. The number of hydrogen-bond acceptors (Lipinski definition) is 6. The molecule has 0 aliphatic carbocycles. The number of aromatic nitrogens is 1. The Bertz CT molecular complexity index is 927. The van der Waals surface area contributed by atoms with Crippen molar-refractivity contribution in [2.45, 2.75) is 31.5 Å². The SMILES string of the molecule is CC(NC(=O)CNC(=O)C(N)Cc1c[nH]c2ccccc12)C(=O)NC(CO)C(=O)O. The van der Waals surface area contributed by atoms with Crippen LogP contribution in [0.25, 0.3) is 10.9 Å². The van der Waals surface area contributed by atoms with E-state index < -0.39 is 55.0 Å². The van der Waals surface area contributed by atoms with Gasteiger partial charge in [0.25, 0.3) is 0 Å². The van der Waals surface area contributed by atoms with Crippen LogP contribution in [0.1, 0.15) is 12.5 Å². The number of aliphatic carboxylic acids is 1. The molecule has 8 N–H and O–H groups in total. The molecule has 1 aromatic heterocycles. The third kappa shape index (κ3) is 6.03. The van der Waals surface area contributed by atoms with Gasteiger partial charge in [0.2, 0.25) is 17.7 Å². The van der Waals surface area contributed by atoms with Crippen LogP contribution in [-0.2, 0) is 25.6 Å². The fraction of sp³-hybridized carbons (Fsp3) is 0.368. The monoisotopic (exact) mass is 419 g/mol. The maximum Gasteiger partial charge on any atom is 0.328 e. The van der Waals surface area contributed by atoms with Crippen LogP contribution in [0.2, 0.25) is 0 Å². The van der Waals surface area contributed by atoms with Gasteiger partial charge >= 0.3 is 5.97 Å². The third-order valence-electron chi connectivity index (χ3n) is 4.44. The summed E-state index contributed by atoms with van der Waals surface area (Å²) < 4.78 is 0. The summed E-state index contributed by atoms with van der Waals surface area (Å²) in [5.74, 6) is -3.37. The second kappa shape index (κ2) is 10.4. The maximum atomic E-state index is 12.2. The van der Waals surface area contributed by atoms with E-state index in [9.17, 15) is 19.2 Å². The van der Waals surface area contributed by atoms with Gasteiger partial charge in [-0.3, -0.25) is 14.4 Å². The molecule has 0 radical (unpaired) electrons. The molecule has 0 saturated heterocycles. The van der Waals surface area contributed by atoms with Crippen molar-refractivity contribution < 1.29 is 29.4 Å². The van der Waals surface area contributed by atoms with Crippen LogP contribution in [0.5, 0.6) is 0 Å². The van der Waals surface area contributed by atoms with Gasteiger partial charge in [-0.2, -0.15) is 0 Å². The quantitative estimate of drug-likeness (QED) is 0.237. The van der Waals surface area contributed by atoms with E-state index in [0.29, 0.717) is 0 Å². The first-order valence-corrected chi connectivity index (χ1v) is 9.24. The largest absolute Gasteiger partial charge is 0.480 e. The molecule has 0 spiro atoms. The third-order valence-corrected chi connectivity index (χ3v) is 4.44. The van der Waals surface area contributed by atoms with E-state index in [1.165, 1.54) is 6.92 Å². The summed E-state index contributed by atoms with van der Waals surface area (Å²) in [4.78, 5) is 49.9. The summed E-state index contributed by atoms with van der Waals surface area (Å²) in [6.45, 7) is 0.153. The Kier molecular flexibility index (Phi) is 7.90. The molecule has 162 valence electrons. The molecule has 0 aliphatic rings. The number of para-hydroxylation sites is 1. The first kappa shape index (κ1) is 22.8. The smallest absolute Gasteiger partial charge is 0.328 e. The number of benzene rings is 1. The molecule has 0 saturated carbocycles. The summed E-state index contributed by atoms with van der Waals surface area (Å²) in [7, 11) is 0. The average Bonchev–Trinajstić information content (AvgIpc) is 3.12. The van der Waals surface area contributed by atoms with Gasteiger partial charge in [0, 0.05) is 17.1 Å². The van der Waals surface area contributed by atoms with Crippen molar-refractivity contribution >= 4 is 34.6 Å². The molecular formula is C19H25N5O6. The summed E-state index contributed by atoms with van der Waals surface area (Å²) in [5, 5.41) is 25.5. The first-order chi connectivity index (χ1) is 14.2. The number of amides is 3. The molecule has 2 aromatic rings. The molecule has 0 fully saturated rings. The predicted molar refractivity (Wildman–Crippen MR) is 107 cm³/mol. The average molecular weight is 419 g/mol. The Morgan fingerprint density at radius 3 is 2.50 bits per heavy atom. The Labute approximate surface area is 172 Å². The summed E-state index contributed by atoms with van der Waals surface area (Å²) >= 11 is 0. The Hall–Kier alpha value is -3.44. The molecule has 2 rings (SSSR count). The molecule has 1 aromatic carbocycles. The molecule has 1 heterocycles. The fourth-order valence-corrected chi connectivity index (χ4v) is 2.77. The molecule has 3 amide bonds. The first-order valence-electron chi connectivity index (χ1n) is 9.24. The van der Waals surface area contributed by atoms with Crippen LogP contribution in [0.15, 0.2) is 30.5 Å². The summed E-state index contributed by atoms with van der Waals surface area (Å²) in [5.41, 5.74) is 7.74. The number of aliphatic hydroxyl groups is 1. The molecule has 0 aliphatic heterocycles. The number of nitrogens with one attached hydrogen (secondary N) is 4. The number of fused-ring (bicyclic) bond motifs is 1. The van der Waals surface area contributed by atoms with Crippen LogP contribution in [0.3, 0.4) is 0 Å². The molecule has 30 heavy (non-hydrogen) atoms. The number of hydrogen-bond donors (Lipinski definition) is 7. The Morgan fingerprint density at radius 2 is 1.83 bits per heavy atom. The number of H-pyrrole nitrogens is 1. The zero-order chi connectivity index (χ0) is 22.3. The lowest BCUT2D eigenvalue weighted by Crippen LogP contribution is -2.53. The number of rotatable bonds is 10. The van der Waals surface area contributed by atoms with Crippen LogP contribution >= 0.6 is 0 Å². The summed E-state index contributed by atoms with van der Waals surface area (Å²) in [6.07, 6.45) is 2.05. The minimum Gasteiger partial charge on any atom is -0.480 e. The molecule has 0 bridgehead atoms. The van der Waals surface area contributed by atoms with Crippen molar-refractivity contribution in [3.63, 3.8) is 0 Å². The van der Waals surface area contributed by atoms with Crippen molar-refractivity contribution in [2.24, 2.45) is 5.73 Å². The van der Waals surface area contributed by atoms with Crippen LogP contribution < -0.4 is 21.7 Å². The number of carboxylic acid groups (broad SMARTS) is 1. The molecule has 11 nitrogen and oxygen atoms in total. The van der Waals surface area contributed by atoms with Gasteiger partial charge in [-0.1, -0.05) is 18.2 Å². The number of carbonyl (C=O) groups excluding carboxylic acids is 3. The molecular weight excluding hydrogens is 394 g/mol. The van der Waals surface area contributed by atoms with Gasteiger partial charge in [-0.05, 0) is 25.0 Å². The minimum absolute atomic E-state index is 0.272. The highest BCUT2D eigenvalue weighted by Crippen LogP contribution is 2.18. The summed E-state index contributed by atoms with van der Waals surface area (Å²) in [6, 6.07) is 4.18. The number of aromatic amines is 1. The van der Waals surface area contributed by atoms with Gasteiger partial charge in [0.15, 0.2) is 0 Å². The van der Waals surface area contributed by atoms with E-state index in [1.807, 2.05) is 24.3 Å². The highest BCUT2D eigenvalue weighted by Gasteiger charge is 2.23. The maximum absolute atomic E-state index is 12.2. The standard InChI is InChI=1S/C19H25N5O6/c1-10(17(27)24-15(9-25)19(29)30)23-16(26)8-22-18(28)13(20)6-11-7-21-14-5-3-2-4-12(11)14/h2-5,7,10,13,15,21,25H,6,8-9,20H2,1H3,(H,22,28)(H,23,26)(H,24,27)(H,29,30). The van der Waals surface area contributed by atoms with Crippen molar-refractivity contribution in [1.29, 1.82) is 0 Å². The van der Waals surface area contributed by atoms with E-state index in [2.05, 4.69) is 20.9 Å². The van der Waals surface area contributed by atoms with E-state index in [0.717, 1.165) is 16.5 Å². The van der Waals surface area contributed by atoms with E-state index in [1.54, 1.807) is 6.20 Å². The van der Waals surface area contributed by atoms with Gasteiger partial charge in [0.05, 0.1) is 19.2 Å². The van der Waals surface area contributed by atoms with Gasteiger partial charge < -0.3 is 36.9 Å². The normalized spacial score (nSPS) is 13.8. The predicted octanol–water partition coefficient (Wildman–Crippen LogP) is -1.78. The van der Waals surface area contributed by atoms with Crippen LogP contribution in [0.4, 0.5) is 0 Å². The number of nitrogens with two attached hydrogens (primary N) is 1. The van der Waals surface area contributed by atoms with Crippen molar-refractivity contribution in [1.82, 2.24) is 20.9 Å². The van der Waals surface area contributed by atoms with Crippen LogP contribution in [-0.4, -0.2) is 70.2 Å². The van der Waals surface area contributed by atoms with Gasteiger partial charge in [-0.15, -0.1) is 0 Å². The lowest BCUT2D eigenvalue weighted by atomic mass is 10.1. The van der Waals surface area contributed by atoms with Crippen molar-refractivity contribution in [2.75, 3.05) is 13.2 Å². The highest BCUT2D eigenvalue weighted by molar-refractivity contribution is 5.92. The van der Waals surface area contributed by atoms with E-state index >= 15 is 0 Å². The molecule has 3 atom stereocenters. The Balaban J connectivity index is 1.79. The van der Waals surface area contributed by atoms with Crippen molar-refractivity contribution in [3.05, 3.63) is 36.0 Å². The zero-order valence-corrected chi connectivity index (χ0v) is 16.3. The molecule has 11 heteroatoms. The lowest BCUT2D eigenvalue weighted by Gasteiger charge is -2.18. The van der Waals surface area contributed by atoms with E-state index in [-0.39, 0.29) is 6.42 Å². The lowest BCUT2D eigenvalue weighted by molar-refractivity contribution is -0.143. The second-order valence-corrected chi connectivity index (χ2v) is 6.76.